The molecule has 0 saturated heterocycles. The summed E-state index contributed by atoms with van der Waals surface area (Å²) in [5.74, 6) is 2.18. The molecule has 6 heteroatoms. The molecule has 3 rings (SSSR count). The van der Waals surface area contributed by atoms with Crippen LogP contribution in [0.3, 0.4) is 0 Å². The molecule has 0 atom stereocenters. The number of nitrogens with one attached hydrogen (secondary N) is 2. The highest BCUT2D eigenvalue weighted by atomic mass is 16.5. The van der Waals surface area contributed by atoms with Crippen LogP contribution in [0.15, 0.2) is 77.9 Å². The number of benzene rings is 2. The molecule has 0 bridgehead atoms. The van der Waals surface area contributed by atoms with E-state index in [0.717, 1.165) is 41.5 Å². The van der Waals surface area contributed by atoms with Gasteiger partial charge in [0.2, 0.25) is 0 Å². The van der Waals surface area contributed by atoms with Crippen LogP contribution in [0.1, 0.15) is 16.8 Å². The van der Waals surface area contributed by atoms with Crippen LogP contribution in [0.25, 0.3) is 0 Å². The summed E-state index contributed by atoms with van der Waals surface area (Å²) in [6.45, 7) is 1.88. The summed E-state index contributed by atoms with van der Waals surface area (Å²) in [4.78, 5) is 8.61. The Bertz CT molecular complexity index is 930. The van der Waals surface area contributed by atoms with E-state index >= 15 is 0 Å². The van der Waals surface area contributed by atoms with Crippen molar-refractivity contribution < 1.29 is 9.47 Å². The van der Waals surface area contributed by atoms with Gasteiger partial charge in [-0.1, -0.05) is 42.5 Å². The molecule has 6 nitrogen and oxygen atoms in total. The van der Waals surface area contributed by atoms with Gasteiger partial charge in [-0.25, -0.2) is 0 Å². The molecule has 30 heavy (non-hydrogen) atoms. The van der Waals surface area contributed by atoms with E-state index in [4.69, 9.17) is 9.47 Å². The molecule has 1 aromatic heterocycles. The summed E-state index contributed by atoms with van der Waals surface area (Å²) in [5.41, 5.74) is 3.24. The molecule has 156 valence electrons. The summed E-state index contributed by atoms with van der Waals surface area (Å²) >= 11 is 0. The predicted octanol–water partition coefficient (Wildman–Crippen LogP) is 3.58. The SMILES string of the molecule is CN=C(NCCc1ccccn1)NCc1ccc(OCc2ccccc2)c(OC)c1. The van der Waals surface area contributed by atoms with Crippen LogP contribution in [-0.2, 0) is 19.6 Å². The maximum atomic E-state index is 5.92. The Morgan fingerprint density at radius 1 is 0.933 bits per heavy atom. The fourth-order valence-corrected chi connectivity index (χ4v) is 2.94. The fraction of sp³-hybridized carbons (Fsp3) is 0.250. The van der Waals surface area contributed by atoms with E-state index in [-0.39, 0.29) is 0 Å². The van der Waals surface area contributed by atoms with Crippen molar-refractivity contribution in [2.24, 2.45) is 4.99 Å². The van der Waals surface area contributed by atoms with Crippen LogP contribution < -0.4 is 20.1 Å². The lowest BCUT2D eigenvalue weighted by molar-refractivity contribution is 0.284. The number of aromatic nitrogens is 1. The molecule has 0 unspecified atom stereocenters. The fourth-order valence-electron chi connectivity index (χ4n) is 2.94. The highest BCUT2D eigenvalue weighted by molar-refractivity contribution is 5.79. The van der Waals surface area contributed by atoms with E-state index in [1.165, 1.54) is 0 Å². The van der Waals surface area contributed by atoms with Crippen LogP contribution in [0.5, 0.6) is 11.5 Å². The number of ether oxygens (including phenoxy) is 2. The second kappa shape index (κ2) is 11.5. The Morgan fingerprint density at radius 3 is 2.50 bits per heavy atom. The molecule has 0 spiro atoms. The number of hydrogen-bond donors (Lipinski definition) is 2. The zero-order chi connectivity index (χ0) is 21.0. The molecule has 0 aliphatic carbocycles. The summed E-state index contributed by atoms with van der Waals surface area (Å²) in [6.07, 6.45) is 2.64. The van der Waals surface area contributed by atoms with Gasteiger partial charge in [-0.2, -0.15) is 0 Å². The first kappa shape index (κ1) is 21.2. The van der Waals surface area contributed by atoms with Crippen LogP contribution in [0, 0.1) is 0 Å². The Balaban J connectivity index is 1.50. The van der Waals surface area contributed by atoms with Crippen molar-refractivity contribution in [2.75, 3.05) is 20.7 Å². The number of guanidine groups is 1. The quantitative estimate of drug-likeness (QED) is 0.422. The average molecular weight is 405 g/mol. The lowest BCUT2D eigenvalue weighted by Crippen LogP contribution is -2.37. The number of rotatable bonds is 9. The second-order valence-corrected chi connectivity index (χ2v) is 6.68. The molecule has 0 saturated carbocycles. The third-order valence-corrected chi connectivity index (χ3v) is 4.55. The van der Waals surface area contributed by atoms with Gasteiger partial charge in [-0.3, -0.25) is 9.98 Å². The van der Waals surface area contributed by atoms with Crippen molar-refractivity contribution in [3.8, 4) is 11.5 Å². The molecule has 2 aromatic carbocycles. The van der Waals surface area contributed by atoms with Crippen molar-refractivity contribution in [3.05, 3.63) is 89.7 Å². The monoisotopic (exact) mass is 404 g/mol. The number of pyridine rings is 1. The molecule has 2 N–H and O–H groups in total. The van der Waals surface area contributed by atoms with Crippen molar-refractivity contribution in [2.45, 2.75) is 19.6 Å². The zero-order valence-electron chi connectivity index (χ0n) is 17.5. The number of nitrogens with zero attached hydrogens (tertiary/aromatic N) is 2. The van der Waals surface area contributed by atoms with E-state index in [1.807, 2.05) is 72.9 Å². The van der Waals surface area contributed by atoms with E-state index in [9.17, 15) is 0 Å². The van der Waals surface area contributed by atoms with Crippen molar-refractivity contribution in [1.82, 2.24) is 15.6 Å². The van der Waals surface area contributed by atoms with Crippen molar-refractivity contribution in [1.29, 1.82) is 0 Å². The van der Waals surface area contributed by atoms with Crippen molar-refractivity contribution >= 4 is 5.96 Å². The molecular weight excluding hydrogens is 376 g/mol. The summed E-state index contributed by atoms with van der Waals surface area (Å²) in [5, 5.41) is 6.63. The smallest absolute Gasteiger partial charge is 0.191 e. The number of aliphatic imine (C=N–C) groups is 1. The maximum Gasteiger partial charge on any atom is 0.191 e. The minimum Gasteiger partial charge on any atom is -0.493 e. The minimum absolute atomic E-state index is 0.502. The number of hydrogen-bond acceptors (Lipinski definition) is 4. The summed E-state index contributed by atoms with van der Waals surface area (Å²) in [7, 11) is 3.41. The van der Waals surface area contributed by atoms with Gasteiger partial charge >= 0.3 is 0 Å². The standard InChI is InChI=1S/C24H28N4O2/c1-25-24(27-15-13-21-10-6-7-14-26-21)28-17-20-11-12-22(23(16-20)29-2)30-18-19-8-4-3-5-9-19/h3-12,14,16H,13,15,17-18H2,1-2H3,(H2,25,27,28). The largest absolute Gasteiger partial charge is 0.493 e. The predicted molar refractivity (Wildman–Crippen MR) is 120 cm³/mol. The van der Waals surface area contributed by atoms with E-state index < -0.39 is 0 Å². The van der Waals surface area contributed by atoms with Crippen LogP contribution in [-0.4, -0.2) is 31.6 Å². The third-order valence-electron chi connectivity index (χ3n) is 4.55. The molecule has 0 fully saturated rings. The van der Waals surface area contributed by atoms with Gasteiger partial charge in [0, 0.05) is 38.4 Å². The van der Waals surface area contributed by atoms with E-state index in [1.54, 1.807) is 14.2 Å². The lowest BCUT2D eigenvalue weighted by atomic mass is 10.2. The van der Waals surface area contributed by atoms with Gasteiger partial charge in [-0.05, 0) is 35.4 Å². The highest BCUT2D eigenvalue weighted by Gasteiger charge is 2.07. The second-order valence-electron chi connectivity index (χ2n) is 6.68. The Morgan fingerprint density at radius 2 is 1.77 bits per heavy atom. The molecule has 3 aromatic rings. The van der Waals surface area contributed by atoms with Crippen LogP contribution >= 0.6 is 0 Å². The van der Waals surface area contributed by atoms with Gasteiger partial charge in [0.25, 0.3) is 0 Å². The van der Waals surface area contributed by atoms with Crippen molar-refractivity contribution in [3.63, 3.8) is 0 Å². The van der Waals surface area contributed by atoms with Crippen LogP contribution in [0.4, 0.5) is 0 Å². The van der Waals surface area contributed by atoms with Gasteiger partial charge < -0.3 is 20.1 Å². The first-order valence-electron chi connectivity index (χ1n) is 9.96. The third kappa shape index (κ3) is 6.51. The highest BCUT2D eigenvalue weighted by Crippen LogP contribution is 2.28. The molecular formula is C24H28N4O2. The Hall–Kier alpha value is -3.54. The zero-order valence-corrected chi connectivity index (χ0v) is 17.5. The average Bonchev–Trinajstić information content (AvgIpc) is 2.81. The normalized spacial score (nSPS) is 11.1. The maximum absolute atomic E-state index is 5.92. The van der Waals surface area contributed by atoms with Crippen LogP contribution in [0.2, 0.25) is 0 Å². The first-order valence-corrected chi connectivity index (χ1v) is 9.96. The first-order chi connectivity index (χ1) is 14.8. The topological polar surface area (TPSA) is 67.8 Å². The van der Waals surface area contributed by atoms with Gasteiger partial charge in [-0.15, -0.1) is 0 Å². The van der Waals surface area contributed by atoms with E-state index in [0.29, 0.717) is 18.9 Å². The molecule has 0 aliphatic rings. The lowest BCUT2D eigenvalue weighted by Gasteiger charge is -2.14. The van der Waals surface area contributed by atoms with E-state index in [2.05, 4.69) is 20.6 Å². The Labute approximate surface area is 178 Å². The molecule has 0 aliphatic heterocycles. The molecule has 0 radical (unpaired) electrons. The number of methoxy groups -OCH3 is 1. The van der Waals surface area contributed by atoms with Gasteiger partial charge in [0.1, 0.15) is 6.61 Å². The summed E-state index contributed by atoms with van der Waals surface area (Å²) < 4.78 is 11.4. The Kier molecular flexibility index (Phi) is 8.09. The van der Waals surface area contributed by atoms with Gasteiger partial charge in [0.15, 0.2) is 17.5 Å². The molecule has 0 amide bonds. The van der Waals surface area contributed by atoms with Gasteiger partial charge in [0.05, 0.1) is 7.11 Å². The molecule has 1 heterocycles. The summed E-state index contributed by atoms with van der Waals surface area (Å²) in [6, 6.07) is 22.0. The minimum atomic E-state index is 0.502.